The van der Waals surface area contributed by atoms with Gasteiger partial charge in [0.1, 0.15) is 5.82 Å². The van der Waals surface area contributed by atoms with Crippen molar-refractivity contribution >= 4 is 17.5 Å². The first kappa shape index (κ1) is 22.3. The average molecular weight is 423 g/mol. The molecule has 164 valence electrons. The third-order valence-electron chi connectivity index (χ3n) is 5.25. The number of hydrogen-bond donors (Lipinski definition) is 3. The fraction of sp³-hybridized carbons (Fsp3) is 0.391. The zero-order valence-electron chi connectivity index (χ0n) is 19.2. The molecule has 2 heterocycles. The van der Waals surface area contributed by atoms with E-state index in [0.29, 0.717) is 29.2 Å². The standard InChI is InChI=1S/C23H30N6O2/c1-8-17-15(4)24-21(27-20(17)30)29-19(12-18(28-29)23(5,6)7)26-22(31)25-16-10-9-13(2)14(3)11-16/h9-12H,8H2,1-7H3,(H,24,27,30)(H2,25,26,31). The molecule has 0 spiro atoms. The number of aromatic nitrogens is 4. The van der Waals surface area contributed by atoms with Crippen LogP contribution in [0, 0.1) is 20.8 Å². The maximum absolute atomic E-state index is 12.7. The SMILES string of the molecule is CCc1c(C)nc(-n2nc(C(C)(C)C)cc2NC(=O)Nc2ccc(C)c(C)c2)[nH]c1=O. The van der Waals surface area contributed by atoms with E-state index >= 15 is 0 Å². The Morgan fingerprint density at radius 2 is 1.81 bits per heavy atom. The van der Waals surface area contributed by atoms with Crippen molar-refractivity contribution in [3.8, 4) is 5.95 Å². The van der Waals surface area contributed by atoms with Gasteiger partial charge in [-0.1, -0.05) is 33.8 Å². The van der Waals surface area contributed by atoms with Crippen LogP contribution in [0.4, 0.5) is 16.3 Å². The van der Waals surface area contributed by atoms with Gasteiger partial charge < -0.3 is 5.32 Å². The van der Waals surface area contributed by atoms with Crippen molar-refractivity contribution in [2.24, 2.45) is 0 Å². The fourth-order valence-electron chi connectivity index (χ4n) is 3.21. The predicted molar refractivity (Wildman–Crippen MR) is 123 cm³/mol. The highest BCUT2D eigenvalue weighted by molar-refractivity contribution is 5.99. The minimum Gasteiger partial charge on any atom is -0.308 e. The molecule has 2 aromatic heterocycles. The number of anilines is 2. The molecule has 0 aliphatic carbocycles. The lowest BCUT2D eigenvalue weighted by atomic mass is 9.92. The number of benzene rings is 1. The van der Waals surface area contributed by atoms with Gasteiger partial charge >= 0.3 is 6.03 Å². The molecule has 0 aliphatic heterocycles. The van der Waals surface area contributed by atoms with E-state index in [9.17, 15) is 9.59 Å². The number of nitrogens with one attached hydrogen (secondary N) is 3. The molecule has 0 radical (unpaired) electrons. The van der Waals surface area contributed by atoms with E-state index in [1.807, 2.05) is 59.7 Å². The van der Waals surface area contributed by atoms with Crippen LogP contribution in [0.1, 0.15) is 55.8 Å². The molecular formula is C23H30N6O2. The Balaban J connectivity index is 1.98. The van der Waals surface area contributed by atoms with Gasteiger partial charge in [-0.25, -0.2) is 9.78 Å². The van der Waals surface area contributed by atoms with Gasteiger partial charge in [0.05, 0.1) is 5.69 Å². The summed E-state index contributed by atoms with van der Waals surface area (Å²) in [6, 6.07) is 7.11. The first-order valence-electron chi connectivity index (χ1n) is 10.4. The molecule has 0 aliphatic rings. The van der Waals surface area contributed by atoms with E-state index in [2.05, 4.69) is 25.7 Å². The fourth-order valence-corrected chi connectivity index (χ4v) is 3.21. The number of aryl methyl sites for hydroxylation is 3. The Labute approximate surface area is 182 Å². The van der Waals surface area contributed by atoms with Crippen LogP contribution in [-0.2, 0) is 11.8 Å². The molecule has 0 saturated carbocycles. The van der Waals surface area contributed by atoms with Crippen molar-refractivity contribution in [3.63, 3.8) is 0 Å². The van der Waals surface area contributed by atoms with Crippen molar-refractivity contribution in [1.82, 2.24) is 19.7 Å². The van der Waals surface area contributed by atoms with Gasteiger partial charge in [0.15, 0.2) is 0 Å². The second kappa shape index (κ2) is 8.37. The summed E-state index contributed by atoms with van der Waals surface area (Å²) in [5, 5.41) is 10.3. The Morgan fingerprint density at radius 3 is 2.39 bits per heavy atom. The number of rotatable bonds is 4. The summed E-state index contributed by atoms with van der Waals surface area (Å²) >= 11 is 0. The van der Waals surface area contributed by atoms with Crippen LogP contribution in [0.3, 0.4) is 0 Å². The summed E-state index contributed by atoms with van der Waals surface area (Å²) in [7, 11) is 0. The van der Waals surface area contributed by atoms with Gasteiger partial charge in [-0.2, -0.15) is 9.78 Å². The lowest BCUT2D eigenvalue weighted by Crippen LogP contribution is -2.24. The van der Waals surface area contributed by atoms with Gasteiger partial charge in [-0.15, -0.1) is 0 Å². The van der Waals surface area contributed by atoms with E-state index in [-0.39, 0.29) is 16.9 Å². The third-order valence-corrected chi connectivity index (χ3v) is 5.25. The Hall–Kier alpha value is -3.42. The maximum Gasteiger partial charge on any atom is 0.324 e. The van der Waals surface area contributed by atoms with E-state index in [1.165, 1.54) is 4.68 Å². The van der Waals surface area contributed by atoms with Crippen LogP contribution in [0.15, 0.2) is 29.1 Å². The maximum atomic E-state index is 12.7. The number of amides is 2. The normalized spacial score (nSPS) is 11.5. The van der Waals surface area contributed by atoms with Gasteiger partial charge in [0, 0.05) is 28.4 Å². The summed E-state index contributed by atoms with van der Waals surface area (Å²) < 4.78 is 1.47. The van der Waals surface area contributed by atoms with E-state index in [4.69, 9.17) is 0 Å². The summed E-state index contributed by atoms with van der Waals surface area (Å²) in [6.07, 6.45) is 0.588. The molecule has 3 aromatic rings. The van der Waals surface area contributed by atoms with Gasteiger partial charge in [0.25, 0.3) is 5.56 Å². The second-order valence-corrected chi connectivity index (χ2v) is 8.76. The average Bonchev–Trinajstić information content (AvgIpc) is 3.08. The van der Waals surface area contributed by atoms with E-state index in [1.54, 1.807) is 13.0 Å². The van der Waals surface area contributed by atoms with Crippen LogP contribution in [-0.4, -0.2) is 25.8 Å². The minimum absolute atomic E-state index is 0.205. The lowest BCUT2D eigenvalue weighted by molar-refractivity contribution is 0.262. The van der Waals surface area contributed by atoms with Gasteiger partial charge in [-0.3, -0.25) is 15.1 Å². The quantitative estimate of drug-likeness (QED) is 0.580. The molecular weight excluding hydrogens is 392 g/mol. The highest BCUT2D eigenvalue weighted by Crippen LogP contribution is 2.25. The van der Waals surface area contributed by atoms with Crippen molar-refractivity contribution in [1.29, 1.82) is 0 Å². The Kier molecular flexibility index (Phi) is 6.01. The molecule has 8 heteroatoms. The van der Waals surface area contributed by atoms with Gasteiger partial charge in [0.2, 0.25) is 5.95 Å². The first-order valence-corrected chi connectivity index (χ1v) is 10.4. The second-order valence-electron chi connectivity index (χ2n) is 8.76. The number of hydrogen-bond acceptors (Lipinski definition) is 4. The summed E-state index contributed by atoms with van der Waals surface area (Å²) in [5.74, 6) is 0.676. The number of carbonyl (C=O) groups is 1. The van der Waals surface area contributed by atoms with Crippen LogP contribution < -0.4 is 16.2 Å². The smallest absolute Gasteiger partial charge is 0.308 e. The highest BCUT2D eigenvalue weighted by atomic mass is 16.2. The van der Waals surface area contributed by atoms with Crippen LogP contribution in [0.5, 0.6) is 0 Å². The van der Waals surface area contributed by atoms with E-state index < -0.39 is 6.03 Å². The van der Waals surface area contributed by atoms with Crippen LogP contribution >= 0.6 is 0 Å². The third kappa shape index (κ3) is 4.84. The molecule has 0 saturated heterocycles. The van der Waals surface area contributed by atoms with Gasteiger partial charge in [-0.05, 0) is 50.5 Å². The molecule has 8 nitrogen and oxygen atoms in total. The molecule has 1 aromatic carbocycles. The Bertz CT molecular complexity index is 1180. The number of H-pyrrole nitrogens is 1. The van der Waals surface area contributed by atoms with Crippen molar-refractivity contribution < 1.29 is 4.79 Å². The topological polar surface area (TPSA) is 105 Å². The largest absolute Gasteiger partial charge is 0.324 e. The molecule has 31 heavy (non-hydrogen) atoms. The minimum atomic E-state index is -0.408. The van der Waals surface area contributed by atoms with E-state index in [0.717, 1.165) is 16.8 Å². The zero-order chi connectivity index (χ0) is 22.9. The molecule has 3 rings (SSSR count). The summed E-state index contributed by atoms with van der Waals surface area (Å²) in [6.45, 7) is 13.8. The van der Waals surface area contributed by atoms with Crippen LogP contribution in [0.25, 0.3) is 5.95 Å². The first-order chi connectivity index (χ1) is 14.5. The molecule has 2 amide bonds. The number of aromatic amines is 1. The number of urea groups is 1. The predicted octanol–water partition coefficient (Wildman–Crippen LogP) is 4.38. The number of nitrogens with zero attached hydrogens (tertiary/aromatic N) is 3. The molecule has 0 atom stereocenters. The summed E-state index contributed by atoms with van der Waals surface area (Å²) in [5.41, 5.74) is 4.50. The number of carbonyl (C=O) groups excluding carboxylic acids is 1. The molecule has 3 N–H and O–H groups in total. The zero-order valence-corrected chi connectivity index (χ0v) is 19.2. The monoisotopic (exact) mass is 422 g/mol. The Morgan fingerprint density at radius 1 is 1.10 bits per heavy atom. The highest BCUT2D eigenvalue weighted by Gasteiger charge is 2.23. The lowest BCUT2D eigenvalue weighted by Gasteiger charge is -2.14. The molecule has 0 bridgehead atoms. The molecule has 0 fully saturated rings. The molecule has 0 unspecified atom stereocenters. The van der Waals surface area contributed by atoms with Crippen molar-refractivity contribution in [3.05, 3.63) is 62.7 Å². The van der Waals surface area contributed by atoms with Crippen molar-refractivity contribution in [2.75, 3.05) is 10.6 Å². The summed E-state index contributed by atoms with van der Waals surface area (Å²) in [4.78, 5) is 32.5. The van der Waals surface area contributed by atoms with Crippen molar-refractivity contribution in [2.45, 2.75) is 60.3 Å². The van der Waals surface area contributed by atoms with Crippen LogP contribution in [0.2, 0.25) is 0 Å².